The highest BCUT2D eigenvalue weighted by Gasteiger charge is 2.26. The number of rotatable bonds is 4. The summed E-state index contributed by atoms with van der Waals surface area (Å²) in [5, 5.41) is 0. The molecule has 1 heterocycles. The molecular weight excluding hydrogens is 288 g/mol. The molecular formula is C14H20N4O2S. The Bertz CT molecular complexity index is 765. The summed E-state index contributed by atoms with van der Waals surface area (Å²) < 4.78 is 28.6. The van der Waals surface area contributed by atoms with Crippen molar-refractivity contribution in [2.75, 3.05) is 12.8 Å². The predicted octanol–water partition coefficient (Wildman–Crippen LogP) is 1.44. The van der Waals surface area contributed by atoms with Gasteiger partial charge in [-0.3, -0.25) is 0 Å². The summed E-state index contributed by atoms with van der Waals surface area (Å²) in [7, 11) is -0.299. The highest BCUT2D eigenvalue weighted by atomic mass is 32.2. The van der Waals surface area contributed by atoms with E-state index < -0.39 is 10.0 Å². The van der Waals surface area contributed by atoms with Crippen LogP contribution in [-0.4, -0.2) is 29.3 Å². The van der Waals surface area contributed by atoms with Gasteiger partial charge in [-0.1, -0.05) is 12.1 Å². The molecule has 0 saturated carbocycles. The smallest absolute Gasteiger partial charge is 0.245 e. The SMILES string of the molecule is Cc1ccc(C)c(S(=O)(=O)N(C)Cc2nccn2C)c1N. The Morgan fingerprint density at radius 1 is 1.29 bits per heavy atom. The zero-order valence-electron chi connectivity index (χ0n) is 12.7. The molecule has 0 radical (unpaired) electrons. The molecule has 2 aromatic rings. The summed E-state index contributed by atoms with van der Waals surface area (Å²) in [6.45, 7) is 3.74. The van der Waals surface area contributed by atoms with E-state index in [2.05, 4.69) is 4.98 Å². The number of aromatic nitrogens is 2. The Kier molecular flexibility index (Phi) is 4.06. The third kappa shape index (κ3) is 2.79. The minimum atomic E-state index is -3.66. The van der Waals surface area contributed by atoms with E-state index in [9.17, 15) is 8.42 Å². The summed E-state index contributed by atoms with van der Waals surface area (Å²) in [4.78, 5) is 4.33. The van der Waals surface area contributed by atoms with Crippen molar-refractivity contribution in [3.05, 3.63) is 41.5 Å². The molecule has 0 bridgehead atoms. The molecule has 0 aliphatic heterocycles. The van der Waals surface area contributed by atoms with E-state index in [1.165, 1.54) is 11.4 Å². The van der Waals surface area contributed by atoms with E-state index in [0.29, 0.717) is 17.1 Å². The van der Waals surface area contributed by atoms with E-state index in [0.717, 1.165) is 5.56 Å². The highest BCUT2D eigenvalue weighted by Crippen LogP contribution is 2.28. The van der Waals surface area contributed by atoms with Gasteiger partial charge in [0.05, 0.1) is 12.2 Å². The number of imidazole rings is 1. The van der Waals surface area contributed by atoms with Crippen molar-refractivity contribution in [2.45, 2.75) is 25.3 Å². The Labute approximate surface area is 125 Å². The molecule has 1 aromatic heterocycles. The average molecular weight is 308 g/mol. The van der Waals surface area contributed by atoms with Crippen LogP contribution in [0.2, 0.25) is 0 Å². The van der Waals surface area contributed by atoms with Gasteiger partial charge in [0.15, 0.2) is 0 Å². The molecule has 0 saturated heterocycles. The maximum Gasteiger partial charge on any atom is 0.245 e. The number of nitrogens with zero attached hydrogens (tertiary/aromatic N) is 3. The minimum Gasteiger partial charge on any atom is -0.397 e. The van der Waals surface area contributed by atoms with Crippen LogP contribution in [0.15, 0.2) is 29.4 Å². The lowest BCUT2D eigenvalue weighted by Gasteiger charge is -2.20. The van der Waals surface area contributed by atoms with Crippen LogP contribution in [0, 0.1) is 13.8 Å². The summed E-state index contributed by atoms with van der Waals surface area (Å²) in [5.74, 6) is 0.671. The van der Waals surface area contributed by atoms with Crippen molar-refractivity contribution in [1.29, 1.82) is 0 Å². The molecule has 0 unspecified atom stereocenters. The van der Waals surface area contributed by atoms with Gasteiger partial charge in [0.2, 0.25) is 10.0 Å². The Balaban J connectivity index is 2.43. The van der Waals surface area contributed by atoms with Crippen molar-refractivity contribution in [3.63, 3.8) is 0 Å². The summed E-state index contributed by atoms with van der Waals surface area (Å²) >= 11 is 0. The van der Waals surface area contributed by atoms with Crippen molar-refractivity contribution in [3.8, 4) is 0 Å². The van der Waals surface area contributed by atoms with Crippen molar-refractivity contribution >= 4 is 15.7 Å². The lowest BCUT2D eigenvalue weighted by Crippen LogP contribution is -2.29. The molecule has 0 atom stereocenters. The fourth-order valence-corrected chi connectivity index (χ4v) is 3.65. The van der Waals surface area contributed by atoms with Crippen molar-refractivity contribution < 1.29 is 8.42 Å². The number of sulfonamides is 1. The lowest BCUT2D eigenvalue weighted by atomic mass is 10.1. The molecule has 0 aliphatic carbocycles. The Hall–Kier alpha value is -1.86. The van der Waals surface area contributed by atoms with Gasteiger partial charge in [0, 0.05) is 26.5 Å². The second kappa shape index (κ2) is 5.50. The van der Waals surface area contributed by atoms with Crippen LogP contribution in [-0.2, 0) is 23.6 Å². The van der Waals surface area contributed by atoms with Crippen LogP contribution in [0.25, 0.3) is 0 Å². The molecule has 0 aliphatic rings. The molecule has 2 N–H and O–H groups in total. The van der Waals surface area contributed by atoms with Crippen LogP contribution < -0.4 is 5.73 Å². The Morgan fingerprint density at radius 3 is 2.48 bits per heavy atom. The Morgan fingerprint density at radius 2 is 1.90 bits per heavy atom. The molecule has 0 amide bonds. The number of nitrogen functional groups attached to an aromatic ring is 1. The zero-order valence-corrected chi connectivity index (χ0v) is 13.5. The number of aryl methyl sites for hydroxylation is 3. The molecule has 1 aromatic carbocycles. The molecule has 2 rings (SSSR count). The first-order valence-electron chi connectivity index (χ1n) is 6.53. The number of hydrogen-bond donors (Lipinski definition) is 1. The normalized spacial score (nSPS) is 12.0. The molecule has 0 spiro atoms. The molecule has 7 heteroatoms. The van der Waals surface area contributed by atoms with E-state index in [4.69, 9.17) is 5.73 Å². The standard InChI is InChI=1S/C14H20N4O2S/c1-10-5-6-11(2)14(13(10)15)21(19,20)18(4)9-12-16-7-8-17(12)3/h5-8H,9,15H2,1-4H3. The van der Waals surface area contributed by atoms with Gasteiger partial charge >= 0.3 is 0 Å². The minimum absolute atomic E-state index is 0.180. The van der Waals surface area contributed by atoms with Gasteiger partial charge in [-0.25, -0.2) is 13.4 Å². The quantitative estimate of drug-likeness (QED) is 0.867. The van der Waals surface area contributed by atoms with E-state index in [1.807, 2.05) is 13.1 Å². The number of anilines is 1. The van der Waals surface area contributed by atoms with E-state index in [-0.39, 0.29) is 11.4 Å². The second-order valence-electron chi connectivity index (χ2n) is 5.16. The first-order chi connectivity index (χ1) is 9.75. The van der Waals surface area contributed by atoms with E-state index >= 15 is 0 Å². The average Bonchev–Trinajstić information content (AvgIpc) is 2.80. The number of hydrogen-bond acceptors (Lipinski definition) is 4. The topological polar surface area (TPSA) is 81.2 Å². The maximum absolute atomic E-state index is 12.8. The highest BCUT2D eigenvalue weighted by molar-refractivity contribution is 7.89. The van der Waals surface area contributed by atoms with E-state index in [1.54, 1.807) is 36.9 Å². The number of benzene rings is 1. The van der Waals surface area contributed by atoms with Gasteiger partial charge in [0.25, 0.3) is 0 Å². The summed E-state index contributed by atoms with van der Waals surface area (Å²) in [6, 6.07) is 3.59. The second-order valence-corrected chi connectivity index (χ2v) is 7.14. The fraction of sp³-hybridized carbons (Fsp3) is 0.357. The summed E-state index contributed by atoms with van der Waals surface area (Å²) in [6.07, 6.45) is 3.42. The van der Waals surface area contributed by atoms with Crippen molar-refractivity contribution in [1.82, 2.24) is 13.9 Å². The predicted molar refractivity (Wildman–Crippen MR) is 82.2 cm³/mol. The van der Waals surface area contributed by atoms with Crippen molar-refractivity contribution in [2.24, 2.45) is 7.05 Å². The largest absolute Gasteiger partial charge is 0.397 e. The third-order valence-corrected chi connectivity index (χ3v) is 5.57. The van der Waals surface area contributed by atoms with Gasteiger partial charge in [-0.15, -0.1) is 0 Å². The van der Waals surface area contributed by atoms with Crippen LogP contribution in [0.4, 0.5) is 5.69 Å². The van der Waals surface area contributed by atoms with Crippen LogP contribution in [0.1, 0.15) is 17.0 Å². The molecule has 0 fully saturated rings. The van der Waals surface area contributed by atoms with Gasteiger partial charge in [0.1, 0.15) is 10.7 Å². The first kappa shape index (κ1) is 15.5. The van der Waals surface area contributed by atoms with Gasteiger partial charge in [-0.05, 0) is 25.0 Å². The lowest BCUT2D eigenvalue weighted by molar-refractivity contribution is 0.451. The monoisotopic (exact) mass is 308 g/mol. The molecule has 114 valence electrons. The maximum atomic E-state index is 12.8. The zero-order chi connectivity index (χ0) is 15.8. The first-order valence-corrected chi connectivity index (χ1v) is 7.97. The van der Waals surface area contributed by atoms with Crippen LogP contribution >= 0.6 is 0 Å². The third-order valence-electron chi connectivity index (χ3n) is 3.56. The number of nitrogens with two attached hydrogens (primary N) is 1. The molecule has 6 nitrogen and oxygen atoms in total. The molecule has 21 heavy (non-hydrogen) atoms. The van der Waals surface area contributed by atoms with Crippen LogP contribution in [0.3, 0.4) is 0 Å². The summed E-state index contributed by atoms with van der Waals surface area (Å²) in [5.41, 5.74) is 7.69. The van der Waals surface area contributed by atoms with Gasteiger partial charge in [-0.2, -0.15) is 4.31 Å². The fourth-order valence-electron chi connectivity index (χ4n) is 2.14. The van der Waals surface area contributed by atoms with Gasteiger partial charge < -0.3 is 10.3 Å². The van der Waals surface area contributed by atoms with Crippen LogP contribution in [0.5, 0.6) is 0 Å².